The van der Waals surface area contributed by atoms with Gasteiger partial charge >= 0.3 is 12.1 Å². The van der Waals surface area contributed by atoms with Gasteiger partial charge in [-0.3, -0.25) is 0 Å². The van der Waals surface area contributed by atoms with E-state index in [4.69, 9.17) is 0 Å². The Hall–Kier alpha value is -1.52. The molecule has 0 amide bonds. The molecule has 1 aromatic carbocycles. The van der Waals surface area contributed by atoms with E-state index in [9.17, 15) is 18.0 Å². The first-order chi connectivity index (χ1) is 7.92. The average Bonchev–Trinajstić information content (AvgIpc) is 2.29. The fourth-order valence-electron chi connectivity index (χ4n) is 1.11. The van der Waals surface area contributed by atoms with Crippen molar-refractivity contribution < 1.29 is 22.7 Å². The van der Waals surface area contributed by atoms with Crippen LogP contribution in [0.5, 0.6) is 0 Å². The Morgan fingerprint density at radius 1 is 1.18 bits per heavy atom. The molecular formula is C12H15F3O2. The number of hydrogen-bond donors (Lipinski definition) is 0. The average molecular weight is 248 g/mol. The van der Waals surface area contributed by atoms with E-state index < -0.39 is 18.6 Å². The van der Waals surface area contributed by atoms with Crippen molar-refractivity contribution in [3.63, 3.8) is 0 Å². The van der Waals surface area contributed by atoms with E-state index in [0.717, 1.165) is 0 Å². The standard InChI is InChI=1S/C10H9F3O2.C2H6/c1-15-9(14)8-4-2-7(3-5-8)6-10(11,12)13;1-2/h2-5H,6H2,1H3;1-2H3. The van der Waals surface area contributed by atoms with E-state index in [0.29, 0.717) is 0 Å². The number of benzene rings is 1. The van der Waals surface area contributed by atoms with Crippen molar-refractivity contribution in [3.8, 4) is 0 Å². The van der Waals surface area contributed by atoms with Crippen molar-refractivity contribution in [1.29, 1.82) is 0 Å². The van der Waals surface area contributed by atoms with Crippen LogP contribution in [0.4, 0.5) is 13.2 Å². The van der Waals surface area contributed by atoms with E-state index >= 15 is 0 Å². The maximum Gasteiger partial charge on any atom is 0.393 e. The molecule has 5 heteroatoms. The number of methoxy groups -OCH3 is 1. The molecule has 17 heavy (non-hydrogen) atoms. The van der Waals surface area contributed by atoms with Crippen LogP contribution in [0.1, 0.15) is 29.8 Å². The van der Waals surface area contributed by atoms with Gasteiger partial charge in [-0.15, -0.1) is 0 Å². The summed E-state index contributed by atoms with van der Waals surface area (Å²) in [6, 6.07) is 5.15. The summed E-state index contributed by atoms with van der Waals surface area (Å²) >= 11 is 0. The van der Waals surface area contributed by atoms with Gasteiger partial charge in [-0.05, 0) is 17.7 Å². The lowest BCUT2D eigenvalue weighted by Gasteiger charge is -2.06. The fraction of sp³-hybridized carbons (Fsp3) is 0.417. The maximum absolute atomic E-state index is 12.0. The molecule has 0 saturated carbocycles. The third-order valence-corrected chi connectivity index (χ3v) is 1.78. The molecule has 0 heterocycles. The number of carbonyl (C=O) groups excluding carboxylic acids is 1. The second-order valence-corrected chi connectivity index (χ2v) is 2.98. The van der Waals surface area contributed by atoms with E-state index in [-0.39, 0.29) is 11.1 Å². The maximum atomic E-state index is 12.0. The van der Waals surface area contributed by atoms with Crippen molar-refractivity contribution in [1.82, 2.24) is 0 Å². The quantitative estimate of drug-likeness (QED) is 0.747. The summed E-state index contributed by atoms with van der Waals surface area (Å²) in [5, 5.41) is 0. The summed E-state index contributed by atoms with van der Waals surface area (Å²) in [4.78, 5) is 11.0. The topological polar surface area (TPSA) is 26.3 Å². The van der Waals surface area contributed by atoms with Crippen molar-refractivity contribution >= 4 is 5.97 Å². The molecule has 0 aliphatic carbocycles. The van der Waals surface area contributed by atoms with Crippen LogP contribution < -0.4 is 0 Å². The number of ether oxygens (including phenoxy) is 1. The van der Waals surface area contributed by atoms with Crippen LogP contribution in [0, 0.1) is 0 Å². The number of carbonyl (C=O) groups is 1. The molecule has 0 aromatic heterocycles. The summed E-state index contributed by atoms with van der Waals surface area (Å²) < 4.78 is 40.3. The van der Waals surface area contributed by atoms with Crippen LogP contribution in [-0.2, 0) is 11.2 Å². The van der Waals surface area contributed by atoms with Crippen molar-refractivity contribution in [3.05, 3.63) is 35.4 Å². The number of rotatable bonds is 2. The Balaban J connectivity index is 0.00000121. The normalized spacial score (nSPS) is 10.2. The predicted octanol–water partition coefficient (Wildman–Crippen LogP) is 3.60. The molecular weight excluding hydrogens is 233 g/mol. The molecule has 0 atom stereocenters. The third-order valence-electron chi connectivity index (χ3n) is 1.78. The first-order valence-corrected chi connectivity index (χ1v) is 5.16. The van der Waals surface area contributed by atoms with Gasteiger partial charge in [0.1, 0.15) is 0 Å². The van der Waals surface area contributed by atoms with Gasteiger partial charge in [0.05, 0.1) is 19.1 Å². The summed E-state index contributed by atoms with van der Waals surface area (Å²) in [5.41, 5.74) is 0.360. The van der Waals surface area contributed by atoms with Crippen LogP contribution >= 0.6 is 0 Å². The van der Waals surface area contributed by atoms with Crippen molar-refractivity contribution in [2.75, 3.05) is 7.11 Å². The molecule has 0 N–H and O–H groups in total. The van der Waals surface area contributed by atoms with Crippen LogP contribution in [0.15, 0.2) is 24.3 Å². The van der Waals surface area contributed by atoms with Crippen LogP contribution in [-0.4, -0.2) is 19.3 Å². The second-order valence-electron chi connectivity index (χ2n) is 2.98. The Morgan fingerprint density at radius 3 is 2.00 bits per heavy atom. The molecule has 96 valence electrons. The molecule has 0 aliphatic heterocycles. The number of alkyl halides is 3. The zero-order valence-corrected chi connectivity index (χ0v) is 9.97. The Labute approximate surface area is 98.4 Å². The smallest absolute Gasteiger partial charge is 0.393 e. The van der Waals surface area contributed by atoms with Crippen LogP contribution in [0.3, 0.4) is 0 Å². The van der Waals surface area contributed by atoms with Gasteiger partial charge in [-0.2, -0.15) is 13.2 Å². The van der Waals surface area contributed by atoms with E-state index in [2.05, 4.69) is 4.74 Å². The zero-order valence-electron chi connectivity index (χ0n) is 9.97. The first kappa shape index (κ1) is 15.5. The molecule has 0 radical (unpaired) electrons. The Bertz CT molecular complexity index is 342. The lowest BCUT2D eigenvalue weighted by Crippen LogP contribution is -2.11. The van der Waals surface area contributed by atoms with Crippen LogP contribution in [0.2, 0.25) is 0 Å². The largest absolute Gasteiger partial charge is 0.465 e. The highest BCUT2D eigenvalue weighted by molar-refractivity contribution is 5.89. The fourth-order valence-corrected chi connectivity index (χ4v) is 1.11. The summed E-state index contributed by atoms with van der Waals surface area (Å²) in [7, 11) is 1.21. The van der Waals surface area contributed by atoms with E-state index in [1.807, 2.05) is 13.8 Å². The second kappa shape index (κ2) is 6.93. The highest BCUT2D eigenvalue weighted by Crippen LogP contribution is 2.21. The van der Waals surface area contributed by atoms with Gasteiger partial charge in [-0.1, -0.05) is 26.0 Å². The minimum Gasteiger partial charge on any atom is -0.465 e. The first-order valence-electron chi connectivity index (χ1n) is 5.16. The number of hydrogen-bond acceptors (Lipinski definition) is 2. The minimum atomic E-state index is -4.23. The van der Waals surface area contributed by atoms with Gasteiger partial charge in [0.15, 0.2) is 0 Å². The number of halogens is 3. The summed E-state index contributed by atoms with van der Waals surface area (Å²) in [5.74, 6) is -0.562. The van der Waals surface area contributed by atoms with Crippen molar-refractivity contribution in [2.45, 2.75) is 26.4 Å². The highest BCUT2D eigenvalue weighted by Gasteiger charge is 2.27. The van der Waals surface area contributed by atoms with Gasteiger partial charge in [0.25, 0.3) is 0 Å². The molecule has 0 fully saturated rings. The molecule has 1 aromatic rings. The van der Waals surface area contributed by atoms with Crippen LogP contribution in [0.25, 0.3) is 0 Å². The monoisotopic (exact) mass is 248 g/mol. The van der Waals surface area contributed by atoms with Gasteiger partial charge in [0.2, 0.25) is 0 Å². The number of esters is 1. The lowest BCUT2D eigenvalue weighted by molar-refractivity contribution is -0.127. The molecule has 0 aliphatic rings. The predicted molar refractivity (Wildman–Crippen MR) is 58.9 cm³/mol. The summed E-state index contributed by atoms with van der Waals surface area (Å²) in [6.07, 6.45) is -5.22. The minimum absolute atomic E-state index is 0.121. The molecule has 0 unspecified atom stereocenters. The molecule has 0 spiro atoms. The highest BCUT2D eigenvalue weighted by atomic mass is 19.4. The van der Waals surface area contributed by atoms with Gasteiger partial charge in [0, 0.05) is 0 Å². The lowest BCUT2D eigenvalue weighted by atomic mass is 10.1. The molecule has 0 bridgehead atoms. The van der Waals surface area contributed by atoms with E-state index in [1.54, 1.807) is 0 Å². The zero-order chi connectivity index (χ0) is 13.5. The Morgan fingerprint density at radius 2 is 1.65 bits per heavy atom. The third kappa shape index (κ3) is 5.94. The Kier molecular flexibility index (Phi) is 6.31. The van der Waals surface area contributed by atoms with Crippen molar-refractivity contribution in [2.24, 2.45) is 0 Å². The molecule has 1 rings (SSSR count). The SMILES string of the molecule is CC.COC(=O)c1ccc(CC(F)(F)F)cc1. The van der Waals surface area contributed by atoms with E-state index in [1.165, 1.54) is 31.4 Å². The summed E-state index contributed by atoms with van der Waals surface area (Å²) in [6.45, 7) is 4.00. The molecule has 2 nitrogen and oxygen atoms in total. The molecule has 0 saturated heterocycles. The van der Waals surface area contributed by atoms with Gasteiger partial charge in [-0.25, -0.2) is 4.79 Å². The van der Waals surface area contributed by atoms with Gasteiger partial charge < -0.3 is 4.74 Å².